The van der Waals surface area contributed by atoms with Crippen molar-refractivity contribution in [2.75, 3.05) is 20.2 Å². The van der Waals surface area contributed by atoms with Crippen molar-refractivity contribution in [3.05, 3.63) is 71.3 Å². The monoisotopic (exact) mass is 337 g/mol. The Bertz CT molecular complexity index is 734. The lowest BCUT2D eigenvalue weighted by molar-refractivity contribution is 0.0600. The highest BCUT2D eigenvalue weighted by Crippen LogP contribution is 2.23. The first-order valence-corrected chi connectivity index (χ1v) is 8.66. The molecule has 25 heavy (non-hydrogen) atoms. The Morgan fingerprint density at radius 3 is 2.36 bits per heavy atom. The zero-order valence-electron chi connectivity index (χ0n) is 14.5. The van der Waals surface area contributed by atoms with Gasteiger partial charge in [0.05, 0.1) is 12.7 Å². The molecule has 4 heteroatoms. The van der Waals surface area contributed by atoms with Crippen LogP contribution in [0.2, 0.25) is 0 Å². The van der Waals surface area contributed by atoms with Crippen molar-refractivity contribution in [2.45, 2.75) is 19.4 Å². The number of ether oxygens (including phenoxy) is 1. The number of benzene rings is 2. The molecule has 130 valence electrons. The number of carbonyl (C=O) groups excluding carboxylic acids is 2. The van der Waals surface area contributed by atoms with Crippen LogP contribution >= 0.6 is 0 Å². The number of Topliss-reactive ketones (excluding diaryl/α,β-unsaturated/α-hetero) is 1. The molecule has 1 aliphatic heterocycles. The van der Waals surface area contributed by atoms with Gasteiger partial charge in [0.2, 0.25) is 0 Å². The number of ketones is 1. The molecule has 1 fully saturated rings. The van der Waals surface area contributed by atoms with Gasteiger partial charge < -0.3 is 4.74 Å². The number of esters is 1. The van der Waals surface area contributed by atoms with Gasteiger partial charge in [0.15, 0.2) is 5.78 Å². The van der Waals surface area contributed by atoms with Gasteiger partial charge >= 0.3 is 5.97 Å². The summed E-state index contributed by atoms with van der Waals surface area (Å²) >= 11 is 0. The molecule has 0 amide bonds. The Hall–Kier alpha value is -2.46. The first-order chi connectivity index (χ1) is 12.2. The van der Waals surface area contributed by atoms with Gasteiger partial charge in [-0.05, 0) is 43.6 Å². The highest BCUT2D eigenvalue weighted by molar-refractivity contribution is 5.97. The van der Waals surface area contributed by atoms with Crippen molar-refractivity contribution in [1.82, 2.24) is 4.90 Å². The van der Waals surface area contributed by atoms with E-state index in [2.05, 4.69) is 4.90 Å². The number of nitrogens with zero attached hydrogens (tertiary/aromatic N) is 1. The summed E-state index contributed by atoms with van der Waals surface area (Å²) in [6.07, 6.45) is 1.76. The Labute approximate surface area is 148 Å². The normalized spacial score (nSPS) is 15.7. The molecule has 0 saturated carbocycles. The standard InChI is InChI=1S/C21H23NO3/c1-25-21(24)19-9-5-6-16(14-19)15-22-12-10-18(11-13-22)20(23)17-7-3-2-4-8-17/h2-9,14,18H,10-13,15H2,1H3. The third kappa shape index (κ3) is 4.34. The fourth-order valence-corrected chi connectivity index (χ4v) is 3.36. The van der Waals surface area contributed by atoms with Crippen LogP contribution in [0.15, 0.2) is 54.6 Å². The number of piperidine rings is 1. The molecule has 1 saturated heterocycles. The zero-order chi connectivity index (χ0) is 17.6. The van der Waals surface area contributed by atoms with Crippen LogP contribution < -0.4 is 0 Å². The summed E-state index contributed by atoms with van der Waals surface area (Å²) in [5.74, 6) is 0.0574. The van der Waals surface area contributed by atoms with E-state index in [0.717, 1.165) is 43.6 Å². The third-order valence-electron chi connectivity index (χ3n) is 4.77. The van der Waals surface area contributed by atoms with E-state index in [1.807, 2.05) is 48.5 Å². The van der Waals surface area contributed by atoms with E-state index in [1.54, 1.807) is 6.07 Å². The quantitative estimate of drug-likeness (QED) is 0.618. The minimum atomic E-state index is -0.311. The minimum Gasteiger partial charge on any atom is -0.465 e. The van der Waals surface area contributed by atoms with E-state index >= 15 is 0 Å². The molecule has 2 aromatic rings. The fraction of sp³-hybridized carbons (Fsp3) is 0.333. The topological polar surface area (TPSA) is 46.6 Å². The molecule has 1 aliphatic rings. The van der Waals surface area contributed by atoms with Gasteiger partial charge in [0, 0.05) is 18.0 Å². The number of likely N-dealkylation sites (tertiary alicyclic amines) is 1. The molecule has 1 heterocycles. The maximum absolute atomic E-state index is 12.5. The van der Waals surface area contributed by atoms with Crippen molar-refractivity contribution in [3.63, 3.8) is 0 Å². The van der Waals surface area contributed by atoms with Crippen LogP contribution in [0.4, 0.5) is 0 Å². The van der Waals surface area contributed by atoms with Crippen molar-refractivity contribution >= 4 is 11.8 Å². The summed E-state index contributed by atoms with van der Waals surface area (Å²) in [6.45, 7) is 2.58. The highest BCUT2D eigenvalue weighted by atomic mass is 16.5. The van der Waals surface area contributed by atoms with Gasteiger partial charge in [-0.15, -0.1) is 0 Å². The van der Waals surface area contributed by atoms with Gasteiger partial charge in [-0.2, -0.15) is 0 Å². The second-order valence-electron chi connectivity index (χ2n) is 6.47. The maximum Gasteiger partial charge on any atom is 0.337 e. The lowest BCUT2D eigenvalue weighted by atomic mass is 9.89. The van der Waals surface area contributed by atoms with Gasteiger partial charge in [0.1, 0.15) is 0 Å². The molecule has 0 bridgehead atoms. The van der Waals surface area contributed by atoms with E-state index in [0.29, 0.717) is 5.56 Å². The van der Waals surface area contributed by atoms with Crippen LogP contribution in [0.25, 0.3) is 0 Å². The molecule has 0 unspecified atom stereocenters. The molecule has 3 rings (SSSR count). The number of hydrogen-bond donors (Lipinski definition) is 0. The van der Waals surface area contributed by atoms with Gasteiger partial charge in [-0.3, -0.25) is 9.69 Å². The van der Waals surface area contributed by atoms with E-state index < -0.39 is 0 Å². The van der Waals surface area contributed by atoms with Crippen molar-refractivity contribution < 1.29 is 14.3 Å². The molecular formula is C21H23NO3. The number of carbonyl (C=O) groups is 2. The van der Waals surface area contributed by atoms with Crippen LogP contribution in [-0.2, 0) is 11.3 Å². The van der Waals surface area contributed by atoms with E-state index in [4.69, 9.17) is 4.74 Å². The molecule has 0 radical (unpaired) electrons. The molecule has 0 N–H and O–H groups in total. The van der Waals surface area contributed by atoms with Crippen molar-refractivity contribution in [1.29, 1.82) is 0 Å². The average Bonchev–Trinajstić information content (AvgIpc) is 2.68. The highest BCUT2D eigenvalue weighted by Gasteiger charge is 2.25. The van der Waals surface area contributed by atoms with E-state index in [9.17, 15) is 9.59 Å². The summed E-state index contributed by atoms with van der Waals surface area (Å²) in [5, 5.41) is 0. The predicted molar refractivity (Wildman–Crippen MR) is 96.6 cm³/mol. The van der Waals surface area contributed by atoms with Crippen molar-refractivity contribution in [3.8, 4) is 0 Å². The second-order valence-corrected chi connectivity index (χ2v) is 6.47. The first-order valence-electron chi connectivity index (χ1n) is 8.66. The van der Waals surface area contributed by atoms with Crippen LogP contribution in [0.1, 0.15) is 39.1 Å². The van der Waals surface area contributed by atoms with E-state index in [1.165, 1.54) is 7.11 Å². The summed E-state index contributed by atoms with van der Waals surface area (Å²) in [7, 11) is 1.39. The average molecular weight is 337 g/mol. The molecular weight excluding hydrogens is 314 g/mol. The zero-order valence-corrected chi connectivity index (χ0v) is 14.5. The predicted octanol–water partition coefficient (Wildman–Crippen LogP) is 3.57. The Morgan fingerprint density at radius 1 is 1.00 bits per heavy atom. The lowest BCUT2D eigenvalue weighted by Gasteiger charge is -2.31. The smallest absolute Gasteiger partial charge is 0.337 e. The molecule has 0 aromatic heterocycles. The Balaban J connectivity index is 1.56. The number of hydrogen-bond acceptors (Lipinski definition) is 4. The largest absolute Gasteiger partial charge is 0.465 e. The minimum absolute atomic E-state index is 0.111. The van der Waals surface area contributed by atoms with Crippen LogP contribution in [0, 0.1) is 5.92 Å². The molecule has 2 aromatic carbocycles. The van der Waals surface area contributed by atoms with Gasteiger partial charge in [-0.25, -0.2) is 4.79 Å². The Morgan fingerprint density at radius 2 is 1.68 bits per heavy atom. The van der Waals surface area contributed by atoms with Gasteiger partial charge in [-0.1, -0.05) is 42.5 Å². The van der Waals surface area contributed by atoms with Crippen LogP contribution in [0.5, 0.6) is 0 Å². The van der Waals surface area contributed by atoms with Crippen LogP contribution in [0.3, 0.4) is 0 Å². The number of rotatable bonds is 5. The van der Waals surface area contributed by atoms with Crippen molar-refractivity contribution in [2.24, 2.45) is 5.92 Å². The van der Waals surface area contributed by atoms with Crippen LogP contribution in [-0.4, -0.2) is 36.9 Å². The molecule has 0 spiro atoms. The van der Waals surface area contributed by atoms with Gasteiger partial charge in [0.25, 0.3) is 0 Å². The summed E-state index contributed by atoms with van der Waals surface area (Å²) < 4.78 is 4.77. The fourth-order valence-electron chi connectivity index (χ4n) is 3.36. The van der Waals surface area contributed by atoms with E-state index in [-0.39, 0.29) is 17.7 Å². The molecule has 0 atom stereocenters. The maximum atomic E-state index is 12.5. The lowest BCUT2D eigenvalue weighted by Crippen LogP contribution is -2.36. The summed E-state index contributed by atoms with van der Waals surface area (Å²) in [4.78, 5) is 26.5. The first kappa shape index (κ1) is 17.4. The molecule has 0 aliphatic carbocycles. The third-order valence-corrected chi connectivity index (χ3v) is 4.77. The Kier molecular flexibility index (Phi) is 5.61. The summed E-state index contributed by atoms with van der Waals surface area (Å²) in [6, 6.07) is 17.1. The summed E-state index contributed by atoms with van der Waals surface area (Å²) in [5.41, 5.74) is 2.48. The SMILES string of the molecule is COC(=O)c1cccc(CN2CCC(C(=O)c3ccccc3)CC2)c1. The molecule has 4 nitrogen and oxygen atoms in total. The number of methoxy groups -OCH3 is 1. The second kappa shape index (κ2) is 8.08.